The summed E-state index contributed by atoms with van der Waals surface area (Å²) >= 11 is 0. The first-order valence-electron chi connectivity index (χ1n) is 9.30. The molecule has 2 aromatic rings. The number of hydrazine groups is 1. The second-order valence-corrected chi connectivity index (χ2v) is 6.23. The molecule has 0 aliphatic carbocycles. The molecule has 0 bridgehead atoms. The number of carbonyl (C=O) groups is 3. The molecule has 0 aliphatic rings. The third-order valence-corrected chi connectivity index (χ3v) is 4.22. The second-order valence-electron chi connectivity index (χ2n) is 6.23. The lowest BCUT2D eigenvalue weighted by Crippen LogP contribution is -2.43. The number of benzene rings is 2. The number of carbonyl (C=O) groups excluding carboxylic acids is 3. The Labute approximate surface area is 169 Å². The number of rotatable bonds is 8. The van der Waals surface area contributed by atoms with Crippen LogP contribution in [0.3, 0.4) is 0 Å². The van der Waals surface area contributed by atoms with E-state index >= 15 is 0 Å². The number of esters is 1. The molecule has 3 N–H and O–H groups in total. The third kappa shape index (κ3) is 6.84. The number of hydrogen-bond acceptors (Lipinski definition) is 6. The zero-order valence-electron chi connectivity index (χ0n) is 16.5. The zero-order valence-corrected chi connectivity index (χ0v) is 16.5. The lowest BCUT2D eigenvalue weighted by Gasteiger charge is -2.21. The molecule has 2 aromatic carbocycles. The van der Waals surface area contributed by atoms with Gasteiger partial charge in [0.15, 0.2) is 6.61 Å². The molecule has 2 rings (SSSR count). The van der Waals surface area contributed by atoms with Gasteiger partial charge in [-0.05, 0) is 55.8 Å². The van der Waals surface area contributed by atoms with Crippen LogP contribution in [0.15, 0.2) is 48.5 Å². The summed E-state index contributed by atoms with van der Waals surface area (Å²) < 4.78 is 4.87. The first kappa shape index (κ1) is 21.7. The zero-order chi connectivity index (χ0) is 21.2. The molecule has 29 heavy (non-hydrogen) atoms. The van der Waals surface area contributed by atoms with E-state index in [0.717, 1.165) is 18.8 Å². The molecule has 0 radical (unpaired) electrons. The van der Waals surface area contributed by atoms with E-state index in [1.165, 1.54) is 12.1 Å². The van der Waals surface area contributed by atoms with Crippen molar-refractivity contribution in [1.82, 2.24) is 10.9 Å². The summed E-state index contributed by atoms with van der Waals surface area (Å²) in [6, 6.07) is 13.1. The maximum Gasteiger partial charge on any atom is 0.310 e. The summed E-state index contributed by atoms with van der Waals surface area (Å²) in [5.74, 6) is -1.62. The molecular formula is C21H25N3O5. The molecule has 0 aromatic heterocycles. The molecule has 8 nitrogen and oxygen atoms in total. The number of anilines is 1. The third-order valence-electron chi connectivity index (χ3n) is 4.22. The highest BCUT2D eigenvalue weighted by atomic mass is 16.5. The van der Waals surface area contributed by atoms with Gasteiger partial charge in [0.2, 0.25) is 0 Å². The predicted molar refractivity (Wildman–Crippen MR) is 108 cm³/mol. The van der Waals surface area contributed by atoms with Crippen molar-refractivity contribution in [2.24, 2.45) is 0 Å². The van der Waals surface area contributed by atoms with Gasteiger partial charge in [-0.25, -0.2) is 0 Å². The van der Waals surface area contributed by atoms with Gasteiger partial charge in [0, 0.05) is 24.3 Å². The van der Waals surface area contributed by atoms with Crippen molar-refractivity contribution >= 4 is 23.5 Å². The lowest BCUT2D eigenvalue weighted by atomic mass is 10.1. The second kappa shape index (κ2) is 10.7. The van der Waals surface area contributed by atoms with Gasteiger partial charge in [0.1, 0.15) is 5.75 Å². The molecule has 0 aliphatic heterocycles. The topological polar surface area (TPSA) is 108 Å². The Kier molecular flexibility index (Phi) is 8.02. The van der Waals surface area contributed by atoms with Crippen LogP contribution >= 0.6 is 0 Å². The smallest absolute Gasteiger partial charge is 0.310 e. The summed E-state index contributed by atoms with van der Waals surface area (Å²) in [6.45, 7) is 5.32. The summed E-state index contributed by atoms with van der Waals surface area (Å²) in [5.41, 5.74) is 6.54. The van der Waals surface area contributed by atoms with Gasteiger partial charge in [-0.3, -0.25) is 25.2 Å². The summed E-state index contributed by atoms with van der Waals surface area (Å²) in [6.07, 6.45) is -0.0290. The van der Waals surface area contributed by atoms with Crippen LogP contribution in [0.4, 0.5) is 5.69 Å². The predicted octanol–water partition coefficient (Wildman–Crippen LogP) is 1.79. The van der Waals surface area contributed by atoms with Gasteiger partial charge in [0.25, 0.3) is 11.8 Å². The quantitative estimate of drug-likeness (QED) is 0.461. The Morgan fingerprint density at radius 1 is 0.931 bits per heavy atom. The number of hydrogen-bond donors (Lipinski definition) is 3. The fourth-order valence-electron chi connectivity index (χ4n) is 2.62. The molecule has 2 amide bonds. The maximum atomic E-state index is 12.1. The standard InChI is InChI=1S/C21H25N3O5/c1-3-24(4-2)17-9-7-16(8-10-17)21(28)23-22-19(26)14-29-20(27)13-15-5-11-18(25)12-6-15/h5-12,25H,3-4,13-14H2,1-2H3,(H,22,26)(H,23,28). The van der Waals surface area contributed by atoms with Crippen molar-refractivity contribution < 1.29 is 24.2 Å². The van der Waals surface area contributed by atoms with Crippen molar-refractivity contribution in [2.45, 2.75) is 20.3 Å². The number of ether oxygens (including phenoxy) is 1. The molecule has 0 saturated heterocycles. The van der Waals surface area contributed by atoms with Gasteiger partial charge in [-0.15, -0.1) is 0 Å². The van der Waals surface area contributed by atoms with E-state index < -0.39 is 24.4 Å². The summed E-state index contributed by atoms with van der Waals surface area (Å²) in [5, 5.41) is 9.21. The minimum absolute atomic E-state index is 0.0290. The summed E-state index contributed by atoms with van der Waals surface area (Å²) in [4.78, 5) is 37.8. The van der Waals surface area contributed by atoms with Crippen LogP contribution in [-0.4, -0.2) is 42.6 Å². The minimum atomic E-state index is -0.655. The highest BCUT2D eigenvalue weighted by Gasteiger charge is 2.11. The van der Waals surface area contributed by atoms with Crippen LogP contribution < -0.4 is 15.8 Å². The van der Waals surface area contributed by atoms with Crippen LogP contribution in [0.5, 0.6) is 5.75 Å². The molecular weight excluding hydrogens is 374 g/mol. The fourth-order valence-corrected chi connectivity index (χ4v) is 2.62. The number of phenolic OH excluding ortho intramolecular Hbond substituents is 1. The normalized spacial score (nSPS) is 10.1. The Bertz CT molecular complexity index is 830. The van der Waals surface area contributed by atoms with E-state index in [9.17, 15) is 19.5 Å². The molecule has 8 heteroatoms. The lowest BCUT2D eigenvalue weighted by molar-refractivity contribution is -0.148. The number of phenols is 1. The van der Waals surface area contributed by atoms with E-state index in [-0.39, 0.29) is 12.2 Å². The number of aromatic hydroxyl groups is 1. The van der Waals surface area contributed by atoms with Crippen LogP contribution in [0, 0.1) is 0 Å². The molecule has 0 fully saturated rings. The van der Waals surface area contributed by atoms with E-state index in [1.807, 2.05) is 12.1 Å². The van der Waals surface area contributed by atoms with E-state index in [2.05, 4.69) is 29.6 Å². The average Bonchev–Trinajstić information content (AvgIpc) is 2.73. The monoisotopic (exact) mass is 399 g/mol. The maximum absolute atomic E-state index is 12.1. The van der Waals surface area contributed by atoms with Crippen LogP contribution in [0.1, 0.15) is 29.8 Å². The van der Waals surface area contributed by atoms with Gasteiger partial charge in [-0.2, -0.15) is 0 Å². The largest absolute Gasteiger partial charge is 0.508 e. The molecule has 0 atom stereocenters. The first-order valence-corrected chi connectivity index (χ1v) is 9.30. The van der Waals surface area contributed by atoms with Crippen molar-refractivity contribution in [3.8, 4) is 5.75 Å². The SMILES string of the molecule is CCN(CC)c1ccc(C(=O)NNC(=O)COC(=O)Cc2ccc(O)cc2)cc1. The van der Waals surface area contributed by atoms with Gasteiger partial charge in [0.05, 0.1) is 6.42 Å². The highest BCUT2D eigenvalue weighted by Crippen LogP contribution is 2.14. The van der Waals surface area contributed by atoms with Crippen LogP contribution in [0.25, 0.3) is 0 Å². The van der Waals surface area contributed by atoms with Crippen molar-refractivity contribution in [3.63, 3.8) is 0 Å². The molecule has 154 valence electrons. The average molecular weight is 399 g/mol. The van der Waals surface area contributed by atoms with Gasteiger partial charge in [-0.1, -0.05) is 12.1 Å². The number of amides is 2. The van der Waals surface area contributed by atoms with Crippen LogP contribution in [0.2, 0.25) is 0 Å². The Morgan fingerprint density at radius 2 is 1.55 bits per heavy atom. The number of nitrogens with one attached hydrogen (secondary N) is 2. The van der Waals surface area contributed by atoms with Crippen LogP contribution in [-0.2, 0) is 20.7 Å². The van der Waals surface area contributed by atoms with E-state index in [1.54, 1.807) is 24.3 Å². The van der Waals surface area contributed by atoms with Crippen molar-refractivity contribution in [2.75, 3.05) is 24.6 Å². The first-order chi connectivity index (χ1) is 13.9. The molecule has 0 spiro atoms. The van der Waals surface area contributed by atoms with Gasteiger partial charge >= 0.3 is 5.97 Å². The molecule has 0 unspecified atom stereocenters. The fraction of sp³-hybridized carbons (Fsp3) is 0.286. The van der Waals surface area contributed by atoms with Crippen molar-refractivity contribution in [1.29, 1.82) is 0 Å². The Hall–Kier alpha value is -3.55. The highest BCUT2D eigenvalue weighted by molar-refractivity contribution is 5.95. The van der Waals surface area contributed by atoms with Gasteiger partial charge < -0.3 is 14.7 Å². The molecule has 0 heterocycles. The minimum Gasteiger partial charge on any atom is -0.508 e. The number of nitrogens with zero attached hydrogens (tertiary/aromatic N) is 1. The van der Waals surface area contributed by atoms with Crippen molar-refractivity contribution in [3.05, 3.63) is 59.7 Å². The Balaban J connectivity index is 1.74. The molecule has 0 saturated carbocycles. The van der Waals surface area contributed by atoms with E-state index in [0.29, 0.717) is 11.1 Å². The summed E-state index contributed by atoms with van der Waals surface area (Å²) in [7, 11) is 0. The van der Waals surface area contributed by atoms with E-state index in [4.69, 9.17) is 4.74 Å². The Morgan fingerprint density at radius 3 is 2.14 bits per heavy atom.